The van der Waals surface area contributed by atoms with Crippen LogP contribution in [0.25, 0.3) is 11.5 Å². The van der Waals surface area contributed by atoms with E-state index >= 15 is 0 Å². The van der Waals surface area contributed by atoms with E-state index in [9.17, 15) is 18.0 Å². The molecule has 112 valence electrons. The van der Waals surface area contributed by atoms with Crippen LogP contribution >= 0.6 is 0 Å². The Morgan fingerprint density at radius 3 is 2.71 bits per heavy atom. The van der Waals surface area contributed by atoms with Gasteiger partial charge in [0.15, 0.2) is 5.82 Å². The van der Waals surface area contributed by atoms with Crippen molar-refractivity contribution < 1.29 is 22.5 Å². The zero-order valence-electron chi connectivity index (χ0n) is 10.8. The number of benzene rings is 1. The second-order valence-electron chi connectivity index (χ2n) is 4.22. The highest BCUT2D eigenvalue weighted by molar-refractivity contribution is 5.72. The number of rotatable bonds is 4. The number of nitrogens with two attached hydrogens (primary N) is 1. The molecule has 0 fully saturated rings. The van der Waals surface area contributed by atoms with E-state index in [-0.39, 0.29) is 17.3 Å². The third-order valence-electron chi connectivity index (χ3n) is 2.67. The first-order valence-corrected chi connectivity index (χ1v) is 5.86. The summed E-state index contributed by atoms with van der Waals surface area (Å²) in [5.74, 6) is -0.990. The van der Waals surface area contributed by atoms with Gasteiger partial charge in [0.1, 0.15) is 5.82 Å². The molecule has 21 heavy (non-hydrogen) atoms. The van der Waals surface area contributed by atoms with Crippen molar-refractivity contribution in [3.8, 4) is 11.5 Å². The predicted octanol–water partition coefficient (Wildman–Crippen LogP) is 2.54. The molecule has 0 radical (unpaired) electrons. The van der Waals surface area contributed by atoms with Crippen molar-refractivity contribution in [1.29, 1.82) is 0 Å². The molecule has 2 aromatic rings. The summed E-state index contributed by atoms with van der Waals surface area (Å²) in [6.45, 7) is 1.57. The second kappa shape index (κ2) is 5.81. The third kappa shape index (κ3) is 3.30. The molecule has 0 aliphatic rings. The second-order valence-corrected chi connectivity index (χ2v) is 4.22. The van der Waals surface area contributed by atoms with Gasteiger partial charge in [-0.15, -0.1) is 0 Å². The molecule has 1 heterocycles. The van der Waals surface area contributed by atoms with Gasteiger partial charge in [-0.25, -0.2) is 18.0 Å². The van der Waals surface area contributed by atoms with Crippen LogP contribution in [0.1, 0.15) is 30.8 Å². The summed E-state index contributed by atoms with van der Waals surface area (Å²) >= 11 is 0. The summed E-state index contributed by atoms with van der Waals surface area (Å²) in [4.78, 5) is 14.7. The molecule has 0 bridgehead atoms. The Kier molecular flexibility index (Phi) is 4.10. The maximum Gasteiger partial charge on any atom is 0.312 e. The largest absolute Gasteiger partial charge is 0.352 e. The van der Waals surface area contributed by atoms with Crippen LogP contribution in [0, 0.1) is 5.82 Å². The van der Waals surface area contributed by atoms with Crippen LogP contribution in [0.4, 0.5) is 18.0 Å². The third-order valence-corrected chi connectivity index (χ3v) is 2.67. The van der Waals surface area contributed by atoms with Gasteiger partial charge >= 0.3 is 6.03 Å². The molecule has 6 nitrogen and oxygen atoms in total. The van der Waals surface area contributed by atoms with Crippen molar-refractivity contribution in [3.63, 3.8) is 0 Å². The van der Waals surface area contributed by atoms with Gasteiger partial charge in [0.2, 0.25) is 0 Å². The number of aromatic nitrogens is 2. The van der Waals surface area contributed by atoms with E-state index in [0.29, 0.717) is 0 Å². The van der Waals surface area contributed by atoms with Crippen molar-refractivity contribution >= 4 is 6.03 Å². The molecule has 0 spiro atoms. The number of amides is 2. The number of halogens is 3. The molecular weight excluding hydrogens is 289 g/mol. The highest BCUT2D eigenvalue weighted by Crippen LogP contribution is 2.26. The lowest BCUT2D eigenvalue weighted by atomic mass is 10.1. The monoisotopic (exact) mass is 300 g/mol. The first kappa shape index (κ1) is 14.8. The van der Waals surface area contributed by atoms with Gasteiger partial charge in [0, 0.05) is 5.56 Å². The van der Waals surface area contributed by atoms with Gasteiger partial charge < -0.3 is 15.6 Å². The summed E-state index contributed by atoms with van der Waals surface area (Å²) in [5.41, 5.74) is 4.40. The van der Waals surface area contributed by atoms with Gasteiger partial charge in [0.05, 0.1) is 11.6 Å². The number of carbonyl (C=O) groups excluding carboxylic acids is 1. The smallest absolute Gasteiger partial charge is 0.312 e. The van der Waals surface area contributed by atoms with Gasteiger partial charge in [0.25, 0.3) is 12.3 Å². The Morgan fingerprint density at radius 2 is 2.14 bits per heavy atom. The molecule has 2 rings (SSSR count). The molecule has 1 atom stereocenters. The van der Waals surface area contributed by atoms with Gasteiger partial charge in [-0.05, 0) is 25.1 Å². The maximum atomic E-state index is 13.5. The van der Waals surface area contributed by atoms with Crippen LogP contribution in [0.2, 0.25) is 0 Å². The lowest BCUT2D eigenvalue weighted by Gasteiger charge is -2.05. The number of urea groups is 1. The highest BCUT2D eigenvalue weighted by atomic mass is 19.3. The Balaban J connectivity index is 2.25. The van der Waals surface area contributed by atoms with E-state index in [4.69, 9.17) is 10.3 Å². The minimum Gasteiger partial charge on any atom is -0.352 e. The standard InChI is InChI=1S/C12H11F3N4O2/c1-5(17-12(16)20)10-18-11(21-19-10)6-2-3-7(9(14)15)8(13)4-6/h2-5,9H,1H3,(H3,16,17,20). The minimum absolute atomic E-state index is 0.0529. The van der Waals surface area contributed by atoms with Crippen molar-refractivity contribution in [1.82, 2.24) is 15.5 Å². The molecule has 1 aromatic carbocycles. The molecule has 9 heteroatoms. The molecule has 3 N–H and O–H groups in total. The molecular formula is C12H11F3N4O2. The molecule has 2 amide bonds. The average molecular weight is 300 g/mol. The number of carbonyl (C=O) groups is 1. The summed E-state index contributed by atoms with van der Waals surface area (Å²) < 4.78 is 43.3. The van der Waals surface area contributed by atoms with Crippen molar-refractivity contribution in [3.05, 3.63) is 35.4 Å². The lowest BCUT2D eigenvalue weighted by molar-refractivity contribution is 0.146. The molecule has 1 aromatic heterocycles. The van der Waals surface area contributed by atoms with Crippen LogP contribution in [-0.4, -0.2) is 16.2 Å². The van der Waals surface area contributed by atoms with E-state index in [1.165, 1.54) is 6.07 Å². The molecule has 0 saturated heterocycles. The van der Waals surface area contributed by atoms with E-state index in [1.54, 1.807) is 6.92 Å². The minimum atomic E-state index is -2.91. The Bertz CT molecular complexity index is 660. The average Bonchev–Trinajstić information content (AvgIpc) is 2.86. The van der Waals surface area contributed by atoms with Crippen LogP contribution in [0.5, 0.6) is 0 Å². The molecule has 0 aliphatic heterocycles. The van der Waals surface area contributed by atoms with Crippen LogP contribution in [0.3, 0.4) is 0 Å². The fourth-order valence-electron chi connectivity index (χ4n) is 1.64. The van der Waals surface area contributed by atoms with E-state index in [0.717, 1.165) is 12.1 Å². The Morgan fingerprint density at radius 1 is 1.43 bits per heavy atom. The van der Waals surface area contributed by atoms with E-state index < -0.39 is 29.9 Å². The van der Waals surface area contributed by atoms with E-state index in [1.807, 2.05) is 0 Å². The number of hydrogen-bond donors (Lipinski definition) is 2. The Labute approximate surface area is 117 Å². The van der Waals surface area contributed by atoms with Crippen LogP contribution in [-0.2, 0) is 0 Å². The molecule has 0 aliphatic carbocycles. The topological polar surface area (TPSA) is 94.0 Å². The van der Waals surface area contributed by atoms with Crippen LogP contribution in [0.15, 0.2) is 22.7 Å². The first-order valence-electron chi connectivity index (χ1n) is 5.86. The van der Waals surface area contributed by atoms with Gasteiger partial charge in [-0.3, -0.25) is 0 Å². The van der Waals surface area contributed by atoms with Gasteiger partial charge in [-0.1, -0.05) is 5.16 Å². The highest BCUT2D eigenvalue weighted by Gasteiger charge is 2.18. The number of nitrogens with zero attached hydrogens (tertiary/aromatic N) is 2. The van der Waals surface area contributed by atoms with E-state index in [2.05, 4.69) is 15.5 Å². The number of primary amides is 1. The van der Waals surface area contributed by atoms with Crippen molar-refractivity contribution in [2.24, 2.45) is 5.73 Å². The predicted molar refractivity (Wildman–Crippen MR) is 65.8 cm³/mol. The maximum absolute atomic E-state index is 13.5. The first-order chi connectivity index (χ1) is 9.88. The number of nitrogens with one attached hydrogen (secondary N) is 1. The van der Waals surface area contributed by atoms with Crippen molar-refractivity contribution in [2.45, 2.75) is 19.4 Å². The quantitative estimate of drug-likeness (QED) is 0.907. The molecule has 0 saturated carbocycles. The number of alkyl halides is 2. The SMILES string of the molecule is CC(NC(N)=O)c1noc(-c2ccc(C(F)F)c(F)c2)n1. The summed E-state index contributed by atoms with van der Waals surface area (Å²) in [6, 6.07) is 1.70. The summed E-state index contributed by atoms with van der Waals surface area (Å²) in [7, 11) is 0. The zero-order valence-corrected chi connectivity index (χ0v) is 10.8. The summed E-state index contributed by atoms with van der Waals surface area (Å²) in [5, 5.41) is 5.95. The van der Waals surface area contributed by atoms with Crippen LogP contribution < -0.4 is 11.1 Å². The van der Waals surface area contributed by atoms with Crippen molar-refractivity contribution in [2.75, 3.05) is 0 Å². The Hall–Kier alpha value is -2.58. The molecule has 1 unspecified atom stereocenters. The normalized spacial score (nSPS) is 12.4. The summed E-state index contributed by atoms with van der Waals surface area (Å²) in [6.07, 6.45) is -2.91. The van der Waals surface area contributed by atoms with Gasteiger partial charge in [-0.2, -0.15) is 4.98 Å². The fraction of sp³-hybridized carbons (Fsp3) is 0.250. The lowest BCUT2D eigenvalue weighted by Crippen LogP contribution is -2.32. The zero-order chi connectivity index (χ0) is 15.6. The number of hydrogen-bond acceptors (Lipinski definition) is 4. The fourth-order valence-corrected chi connectivity index (χ4v) is 1.64.